The molecule has 236 valence electrons. The van der Waals surface area contributed by atoms with Crippen LogP contribution in [0.25, 0.3) is 0 Å². The number of aromatic nitrogens is 3. The molecule has 5 N–H and O–H groups in total. The molecule has 45 heavy (non-hydrogen) atoms. The number of carbonyl (C=O) groups is 5. The lowest BCUT2D eigenvalue weighted by atomic mass is 9.89. The number of amides is 5. The van der Waals surface area contributed by atoms with Crippen molar-refractivity contribution < 1.29 is 43.7 Å². The van der Waals surface area contributed by atoms with Crippen molar-refractivity contribution in [2.45, 2.75) is 16.6 Å². The Kier molecular flexibility index (Phi) is 8.73. The molecule has 2 saturated heterocycles. The Bertz CT molecular complexity index is 1720. The van der Waals surface area contributed by atoms with E-state index in [-0.39, 0.29) is 40.2 Å². The third kappa shape index (κ3) is 6.16. The van der Waals surface area contributed by atoms with Gasteiger partial charge in [0.25, 0.3) is 11.8 Å². The van der Waals surface area contributed by atoms with Crippen LogP contribution in [0.3, 0.4) is 0 Å². The van der Waals surface area contributed by atoms with Crippen molar-refractivity contribution in [3.63, 3.8) is 0 Å². The molecule has 2 aliphatic heterocycles. The number of carboxylic acid groups (broad SMARTS) is 1. The highest BCUT2D eigenvalue weighted by Crippen LogP contribution is 2.46. The van der Waals surface area contributed by atoms with Gasteiger partial charge in [0.15, 0.2) is 5.16 Å². The fourth-order valence-electron chi connectivity index (χ4n) is 4.68. The maximum Gasteiger partial charge on any atom is 0.322 e. The number of rotatable bonds is 9. The molecule has 5 amide bonds. The Morgan fingerprint density at radius 1 is 1.16 bits per heavy atom. The van der Waals surface area contributed by atoms with Gasteiger partial charge < -0.3 is 30.0 Å². The number of β-lactam (4-membered cyclic amide) rings is 1. The van der Waals surface area contributed by atoms with Gasteiger partial charge in [-0.3, -0.25) is 38.8 Å². The SMILES string of the molecule is Cn1c(SCC2(C(=O)O)CS[C@@H]3C(N(C(=O)CNC(=O)NC(=O)c4ccoc4)c4ccc(O)cc4)C(=O)N3C2)nnc(O)c1=O. The lowest BCUT2D eigenvalue weighted by Crippen LogP contribution is -2.75. The molecule has 19 heteroatoms. The molecule has 0 aliphatic carbocycles. The number of urea groups is 1. The van der Waals surface area contributed by atoms with E-state index in [9.17, 15) is 44.1 Å². The maximum absolute atomic E-state index is 13.5. The van der Waals surface area contributed by atoms with Gasteiger partial charge in [0.05, 0.1) is 18.4 Å². The van der Waals surface area contributed by atoms with E-state index in [2.05, 4.69) is 20.8 Å². The average Bonchev–Trinajstić information content (AvgIpc) is 3.57. The molecule has 0 bridgehead atoms. The first kappa shape index (κ1) is 31.4. The summed E-state index contributed by atoms with van der Waals surface area (Å²) in [5.41, 5.74) is -1.92. The van der Waals surface area contributed by atoms with Gasteiger partial charge in [-0.05, 0) is 30.3 Å². The fraction of sp³-hybridized carbons (Fsp3) is 0.308. The molecule has 0 spiro atoms. The summed E-state index contributed by atoms with van der Waals surface area (Å²) >= 11 is 2.09. The number of phenols is 1. The van der Waals surface area contributed by atoms with Crippen molar-refractivity contribution in [1.82, 2.24) is 30.3 Å². The molecule has 3 aromatic rings. The standard InChI is InChI=1S/C26H25N7O10S2/c1-31-21(39)19(37)29-30-25(31)45-12-26(23(40)41)10-32-20(38)17(22(32)44-11-26)33(14-2-4-15(34)5-3-14)16(35)8-27-24(42)28-18(36)13-6-7-43-9-13/h2-7,9,17,22,34H,8,10-12H2,1H3,(H,29,37)(H,40,41)(H2,27,28,36,42)/t17?,22-,26?/m1/s1. The van der Waals surface area contributed by atoms with Crippen LogP contribution in [0, 0.1) is 5.41 Å². The molecule has 4 heterocycles. The number of imide groups is 1. The number of phenolic OH excluding ortho intramolecular Hbond substituents is 1. The number of nitrogens with zero attached hydrogens (tertiary/aromatic N) is 5. The summed E-state index contributed by atoms with van der Waals surface area (Å²) in [5, 5.41) is 40.4. The second-order valence-electron chi connectivity index (χ2n) is 10.1. The van der Waals surface area contributed by atoms with Crippen LogP contribution >= 0.6 is 23.5 Å². The third-order valence-corrected chi connectivity index (χ3v) is 10.0. The summed E-state index contributed by atoms with van der Waals surface area (Å²) < 4.78 is 5.84. The highest BCUT2D eigenvalue weighted by Gasteiger charge is 2.59. The first-order valence-corrected chi connectivity index (χ1v) is 15.1. The van der Waals surface area contributed by atoms with Gasteiger partial charge in [-0.1, -0.05) is 11.8 Å². The molecule has 1 aromatic carbocycles. The summed E-state index contributed by atoms with van der Waals surface area (Å²) in [6.45, 7) is -0.801. The van der Waals surface area contributed by atoms with E-state index in [1.54, 1.807) is 0 Å². The minimum Gasteiger partial charge on any atom is -0.508 e. The number of aliphatic carboxylic acids is 1. The molecule has 0 saturated carbocycles. The summed E-state index contributed by atoms with van der Waals surface area (Å²) in [5.74, 6) is -4.12. The van der Waals surface area contributed by atoms with Gasteiger partial charge >= 0.3 is 17.6 Å². The van der Waals surface area contributed by atoms with E-state index in [4.69, 9.17) is 4.42 Å². The number of anilines is 1. The zero-order valence-corrected chi connectivity index (χ0v) is 24.9. The Balaban J connectivity index is 1.30. The summed E-state index contributed by atoms with van der Waals surface area (Å²) in [4.78, 5) is 78.4. The topological polar surface area (TPSA) is 237 Å². The van der Waals surface area contributed by atoms with E-state index in [1.807, 2.05) is 0 Å². The molecular formula is C26H25N7O10S2. The number of furan rings is 1. The molecule has 2 aliphatic rings. The van der Waals surface area contributed by atoms with Crippen molar-refractivity contribution >= 4 is 58.9 Å². The van der Waals surface area contributed by atoms with E-state index >= 15 is 0 Å². The quantitative estimate of drug-likeness (QED) is 0.148. The van der Waals surface area contributed by atoms with E-state index in [1.165, 1.54) is 53.4 Å². The molecule has 0 radical (unpaired) electrons. The molecule has 3 atom stereocenters. The lowest BCUT2D eigenvalue weighted by molar-refractivity contribution is -0.156. The Hall–Kier alpha value is -5.04. The summed E-state index contributed by atoms with van der Waals surface area (Å²) in [6.07, 6.45) is 2.39. The number of hydrogen-bond donors (Lipinski definition) is 5. The van der Waals surface area contributed by atoms with Crippen LogP contribution in [0.4, 0.5) is 10.5 Å². The van der Waals surface area contributed by atoms with Crippen LogP contribution in [-0.4, -0.2) is 101 Å². The first-order chi connectivity index (χ1) is 21.4. The van der Waals surface area contributed by atoms with Gasteiger partial charge in [0, 0.05) is 30.8 Å². The van der Waals surface area contributed by atoms with E-state index in [0.29, 0.717) is 0 Å². The van der Waals surface area contributed by atoms with Crippen LogP contribution < -0.4 is 21.1 Å². The Labute approximate surface area is 261 Å². The highest BCUT2D eigenvalue weighted by molar-refractivity contribution is 8.00. The van der Waals surface area contributed by atoms with Crippen LogP contribution in [0.2, 0.25) is 0 Å². The number of aromatic hydroxyl groups is 2. The van der Waals surface area contributed by atoms with E-state index < -0.39 is 64.5 Å². The first-order valence-electron chi connectivity index (χ1n) is 13.1. The van der Waals surface area contributed by atoms with Crippen molar-refractivity contribution in [3.05, 3.63) is 58.8 Å². The minimum atomic E-state index is -1.45. The van der Waals surface area contributed by atoms with Crippen LogP contribution in [-0.2, 0) is 21.4 Å². The van der Waals surface area contributed by atoms with Crippen molar-refractivity contribution in [1.29, 1.82) is 0 Å². The lowest BCUT2D eigenvalue weighted by Gasteiger charge is -2.56. The second-order valence-corrected chi connectivity index (χ2v) is 12.1. The fourth-order valence-corrected chi connectivity index (χ4v) is 7.49. The summed E-state index contributed by atoms with van der Waals surface area (Å²) in [6, 6.07) is 4.79. The van der Waals surface area contributed by atoms with Gasteiger partial charge in [-0.15, -0.1) is 22.0 Å². The highest BCUT2D eigenvalue weighted by atomic mass is 32.2. The van der Waals surface area contributed by atoms with Crippen LogP contribution in [0.15, 0.2) is 57.2 Å². The Morgan fingerprint density at radius 3 is 2.56 bits per heavy atom. The number of carboxylic acids is 1. The average molecular weight is 660 g/mol. The predicted octanol–water partition coefficient (Wildman–Crippen LogP) is -0.201. The van der Waals surface area contributed by atoms with Gasteiger partial charge in [0.2, 0.25) is 11.8 Å². The molecule has 2 aromatic heterocycles. The normalized spacial score (nSPS) is 20.5. The zero-order chi connectivity index (χ0) is 32.5. The second kappa shape index (κ2) is 12.5. The number of benzene rings is 1. The minimum absolute atomic E-state index is 0.0358. The van der Waals surface area contributed by atoms with Crippen LogP contribution in [0.1, 0.15) is 10.4 Å². The molecular weight excluding hydrogens is 634 g/mol. The largest absolute Gasteiger partial charge is 0.508 e. The molecule has 2 fully saturated rings. The monoisotopic (exact) mass is 659 g/mol. The number of carbonyl (C=O) groups excluding carboxylic acids is 4. The number of hydrogen-bond acceptors (Lipinski definition) is 13. The summed E-state index contributed by atoms with van der Waals surface area (Å²) in [7, 11) is 1.35. The number of fused-ring (bicyclic) bond motifs is 1. The van der Waals surface area contributed by atoms with Crippen molar-refractivity contribution in [2.24, 2.45) is 12.5 Å². The third-order valence-electron chi connectivity index (χ3n) is 7.15. The van der Waals surface area contributed by atoms with Crippen LogP contribution in [0.5, 0.6) is 11.6 Å². The number of thioether (sulfide) groups is 2. The molecule has 17 nitrogen and oxygen atoms in total. The van der Waals surface area contributed by atoms with Crippen molar-refractivity contribution in [2.75, 3.05) is 29.5 Å². The maximum atomic E-state index is 13.5. The van der Waals surface area contributed by atoms with Gasteiger partial charge in [-0.25, -0.2) is 4.79 Å². The van der Waals surface area contributed by atoms with Gasteiger partial charge in [0.1, 0.15) is 28.8 Å². The Morgan fingerprint density at radius 2 is 1.89 bits per heavy atom. The number of nitrogens with one attached hydrogen (secondary N) is 2. The predicted molar refractivity (Wildman–Crippen MR) is 157 cm³/mol. The smallest absolute Gasteiger partial charge is 0.322 e. The zero-order valence-electron chi connectivity index (χ0n) is 23.3. The van der Waals surface area contributed by atoms with Crippen molar-refractivity contribution in [3.8, 4) is 11.6 Å². The van der Waals surface area contributed by atoms with Gasteiger partial charge in [-0.2, -0.15) is 0 Å². The van der Waals surface area contributed by atoms with E-state index in [0.717, 1.165) is 34.4 Å². The molecule has 2 unspecified atom stereocenters. The molecule has 5 rings (SSSR count).